The van der Waals surface area contributed by atoms with Gasteiger partial charge in [0.1, 0.15) is 0 Å². The molecule has 1 atom stereocenters. The highest BCUT2D eigenvalue weighted by Gasteiger charge is 2.16. The van der Waals surface area contributed by atoms with Crippen LogP contribution in [0.15, 0.2) is 0 Å². The normalized spacial score (nSPS) is 24.8. The summed E-state index contributed by atoms with van der Waals surface area (Å²) < 4.78 is 0. The van der Waals surface area contributed by atoms with E-state index in [4.69, 9.17) is 0 Å². The zero-order valence-corrected chi connectivity index (χ0v) is 8.47. The summed E-state index contributed by atoms with van der Waals surface area (Å²) >= 11 is 0. The molecule has 1 unspecified atom stereocenters. The molecule has 0 amide bonds. The van der Waals surface area contributed by atoms with Gasteiger partial charge in [-0.05, 0) is 39.4 Å². The molecule has 0 radical (unpaired) electrons. The summed E-state index contributed by atoms with van der Waals surface area (Å²) in [5, 5.41) is 3.45. The molecule has 1 fully saturated rings. The summed E-state index contributed by atoms with van der Waals surface area (Å²) in [7, 11) is 2.26. The largest absolute Gasteiger partial charge is 0.315 e. The molecule has 0 aliphatic carbocycles. The van der Waals surface area contributed by atoms with Gasteiger partial charge in [-0.25, -0.2) is 0 Å². The van der Waals surface area contributed by atoms with Crippen LogP contribution in [-0.4, -0.2) is 37.6 Å². The zero-order valence-electron chi connectivity index (χ0n) is 8.47. The molecule has 1 saturated heterocycles. The summed E-state index contributed by atoms with van der Waals surface area (Å²) in [6, 6.07) is 0.797. The average molecular weight is 170 g/mol. The molecule has 1 aliphatic heterocycles. The van der Waals surface area contributed by atoms with Crippen LogP contribution < -0.4 is 5.32 Å². The van der Waals surface area contributed by atoms with Crippen molar-refractivity contribution >= 4 is 0 Å². The Kier molecular flexibility index (Phi) is 4.62. The van der Waals surface area contributed by atoms with Crippen LogP contribution in [-0.2, 0) is 0 Å². The van der Waals surface area contributed by atoms with Gasteiger partial charge >= 0.3 is 0 Å². The Hall–Kier alpha value is -0.0800. The molecule has 0 aromatic rings. The number of hydrogen-bond acceptors (Lipinski definition) is 2. The average Bonchev–Trinajstić information content (AvgIpc) is 2.15. The number of hydrogen-bond donors (Lipinski definition) is 1. The Morgan fingerprint density at radius 2 is 2.33 bits per heavy atom. The van der Waals surface area contributed by atoms with Gasteiger partial charge in [0.2, 0.25) is 0 Å². The van der Waals surface area contributed by atoms with Crippen molar-refractivity contribution in [2.45, 2.75) is 38.6 Å². The fourth-order valence-corrected chi connectivity index (χ4v) is 1.80. The monoisotopic (exact) mass is 170 g/mol. The van der Waals surface area contributed by atoms with Crippen molar-refractivity contribution in [2.24, 2.45) is 0 Å². The lowest BCUT2D eigenvalue weighted by molar-refractivity contribution is 0.201. The summed E-state index contributed by atoms with van der Waals surface area (Å²) in [6.45, 7) is 5.94. The molecule has 0 aromatic carbocycles. The first-order valence-corrected chi connectivity index (χ1v) is 5.25. The third-order valence-corrected chi connectivity index (χ3v) is 2.76. The van der Waals surface area contributed by atoms with Crippen LogP contribution in [0.1, 0.15) is 32.6 Å². The van der Waals surface area contributed by atoms with Crippen molar-refractivity contribution in [1.82, 2.24) is 10.2 Å². The van der Waals surface area contributed by atoms with E-state index in [0.717, 1.165) is 6.04 Å². The topological polar surface area (TPSA) is 15.3 Å². The molecule has 1 heterocycles. The maximum atomic E-state index is 3.45. The Morgan fingerprint density at radius 3 is 2.92 bits per heavy atom. The first kappa shape index (κ1) is 10.0. The lowest BCUT2D eigenvalue weighted by Gasteiger charge is -2.31. The SMILES string of the molecule is CCCCN(C)C1CCCNC1. The molecule has 0 saturated carbocycles. The van der Waals surface area contributed by atoms with Gasteiger partial charge in [-0.3, -0.25) is 0 Å². The van der Waals surface area contributed by atoms with E-state index in [-0.39, 0.29) is 0 Å². The molecular formula is C10H22N2. The van der Waals surface area contributed by atoms with Crippen molar-refractivity contribution in [2.75, 3.05) is 26.7 Å². The summed E-state index contributed by atoms with van der Waals surface area (Å²) in [5.74, 6) is 0. The third-order valence-electron chi connectivity index (χ3n) is 2.76. The number of rotatable bonds is 4. The van der Waals surface area contributed by atoms with E-state index in [1.165, 1.54) is 45.3 Å². The first-order valence-electron chi connectivity index (χ1n) is 5.25. The molecule has 2 nitrogen and oxygen atoms in total. The van der Waals surface area contributed by atoms with Crippen LogP contribution in [0, 0.1) is 0 Å². The second-order valence-electron chi connectivity index (χ2n) is 3.83. The van der Waals surface area contributed by atoms with Crippen molar-refractivity contribution in [1.29, 1.82) is 0 Å². The fourth-order valence-electron chi connectivity index (χ4n) is 1.80. The Bertz CT molecular complexity index is 108. The number of unbranched alkanes of at least 4 members (excludes halogenated alkanes) is 1. The quantitative estimate of drug-likeness (QED) is 0.687. The lowest BCUT2D eigenvalue weighted by Crippen LogP contribution is -2.44. The minimum atomic E-state index is 0.797. The van der Waals surface area contributed by atoms with Crippen LogP contribution in [0.3, 0.4) is 0 Å². The summed E-state index contributed by atoms with van der Waals surface area (Å²) in [6.07, 6.45) is 5.38. The Morgan fingerprint density at radius 1 is 1.50 bits per heavy atom. The lowest BCUT2D eigenvalue weighted by atomic mass is 10.1. The van der Waals surface area contributed by atoms with Gasteiger partial charge in [0, 0.05) is 12.6 Å². The van der Waals surface area contributed by atoms with E-state index in [2.05, 4.69) is 24.2 Å². The highest BCUT2D eigenvalue weighted by atomic mass is 15.1. The highest BCUT2D eigenvalue weighted by Crippen LogP contribution is 2.08. The fraction of sp³-hybridized carbons (Fsp3) is 1.00. The van der Waals surface area contributed by atoms with Gasteiger partial charge in [-0.2, -0.15) is 0 Å². The second-order valence-corrected chi connectivity index (χ2v) is 3.83. The smallest absolute Gasteiger partial charge is 0.0218 e. The molecule has 1 N–H and O–H groups in total. The molecule has 1 aliphatic rings. The van der Waals surface area contributed by atoms with Crippen LogP contribution in [0.25, 0.3) is 0 Å². The third kappa shape index (κ3) is 3.11. The van der Waals surface area contributed by atoms with E-state index in [1.807, 2.05) is 0 Å². The van der Waals surface area contributed by atoms with E-state index in [1.54, 1.807) is 0 Å². The minimum absolute atomic E-state index is 0.797. The number of piperidine rings is 1. The molecule has 0 bridgehead atoms. The molecule has 0 aromatic heterocycles. The van der Waals surface area contributed by atoms with E-state index in [9.17, 15) is 0 Å². The molecule has 1 rings (SSSR count). The van der Waals surface area contributed by atoms with Crippen molar-refractivity contribution in [3.63, 3.8) is 0 Å². The molecule has 0 spiro atoms. The standard InChI is InChI=1S/C10H22N2/c1-3-4-8-12(2)10-6-5-7-11-9-10/h10-11H,3-9H2,1-2H3. The van der Waals surface area contributed by atoms with E-state index in [0.29, 0.717) is 0 Å². The molecule has 72 valence electrons. The molecule has 2 heteroatoms. The summed E-state index contributed by atoms with van der Waals surface area (Å²) in [4.78, 5) is 2.51. The number of nitrogens with one attached hydrogen (secondary N) is 1. The van der Waals surface area contributed by atoms with Gasteiger partial charge in [0.05, 0.1) is 0 Å². The van der Waals surface area contributed by atoms with Crippen LogP contribution in [0.4, 0.5) is 0 Å². The van der Waals surface area contributed by atoms with Crippen molar-refractivity contribution in [3.05, 3.63) is 0 Å². The van der Waals surface area contributed by atoms with E-state index >= 15 is 0 Å². The second kappa shape index (κ2) is 5.55. The van der Waals surface area contributed by atoms with Gasteiger partial charge in [0.25, 0.3) is 0 Å². The number of nitrogens with zero attached hydrogens (tertiary/aromatic N) is 1. The van der Waals surface area contributed by atoms with Crippen molar-refractivity contribution in [3.8, 4) is 0 Å². The van der Waals surface area contributed by atoms with E-state index < -0.39 is 0 Å². The minimum Gasteiger partial charge on any atom is -0.315 e. The maximum Gasteiger partial charge on any atom is 0.0218 e. The predicted molar refractivity (Wildman–Crippen MR) is 53.4 cm³/mol. The van der Waals surface area contributed by atoms with Gasteiger partial charge in [-0.15, -0.1) is 0 Å². The maximum absolute atomic E-state index is 3.45. The molecular weight excluding hydrogens is 148 g/mol. The Labute approximate surface area is 76.3 Å². The number of likely N-dealkylation sites (N-methyl/N-ethyl adjacent to an activating group) is 1. The van der Waals surface area contributed by atoms with Crippen LogP contribution in [0.2, 0.25) is 0 Å². The first-order chi connectivity index (χ1) is 5.84. The Balaban J connectivity index is 2.15. The van der Waals surface area contributed by atoms with Crippen LogP contribution in [0.5, 0.6) is 0 Å². The van der Waals surface area contributed by atoms with Crippen LogP contribution >= 0.6 is 0 Å². The zero-order chi connectivity index (χ0) is 8.81. The van der Waals surface area contributed by atoms with Gasteiger partial charge in [-0.1, -0.05) is 13.3 Å². The highest BCUT2D eigenvalue weighted by molar-refractivity contribution is 4.75. The van der Waals surface area contributed by atoms with Crippen molar-refractivity contribution < 1.29 is 0 Å². The van der Waals surface area contributed by atoms with Gasteiger partial charge < -0.3 is 10.2 Å². The predicted octanol–water partition coefficient (Wildman–Crippen LogP) is 1.47. The van der Waals surface area contributed by atoms with Gasteiger partial charge in [0.15, 0.2) is 0 Å². The molecule has 12 heavy (non-hydrogen) atoms. The summed E-state index contributed by atoms with van der Waals surface area (Å²) in [5.41, 5.74) is 0.